The van der Waals surface area contributed by atoms with E-state index in [2.05, 4.69) is 11.8 Å². The summed E-state index contributed by atoms with van der Waals surface area (Å²) in [6, 6.07) is -0.0897. The van der Waals surface area contributed by atoms with Crippen LogP contribution in [0, 0.1) is 0 Å². The number of aliphatic hydroxyl groups is 2. The molecule has 0 bridgehead atoms. The van der Waals surface area contributed by atoms with E-state index in [0.717, 1.165) is 19.3 Å². The minimum absolute atomic E-state index is 0.0259. The minimum atomic E-state index is -0.516. The first kappa shape index (κ1) is 19.2. The van der Waals surface area contributed by atoms with Gasteiger partial charge in [0.2, 0.25) is 0 Å². The molecule has 1 fully saturated rings. The molecule has 2 atom stereocenters. The zero-order valence-electron chi connectivity index (χ0n) is 14.4. The van der Waals surface area contributed by atoms with Gasteiger partial charge < -0.3 is 19.8 Å². The highest BCUT2D eigenvalue weighted by atomic mass is 16.6. The van der Waals surface area contributed by atoms with Crippen LogP contribution >= 0.6 is 0 Å². The van der Waals surface area contributed by atoms with Crippen molar-refractivity contribution in [3.63, 3.8) is 0 Å². The topological polar surface area (TPSA) is 73.2 Å². The Morgan fingerprint density at radius 1 is 1.32 bits per heavy atom. The number of hydrogen-bond acceptors (Lipinski definition) is 5. The lowest BCUT2D eigenvalue weighted by molar-refractivity contribution is -0.0249. The molecule has 130 valence electrons. The van der Waals surface area contributed by atoms with Crippen LogP contribution in [0.5, 0.6) is 0 Å². The van der Waals surface area contributed by atoms with E-state index in [4.69, 9.17) is 4.74 Å². The van der Waals surface area contributed by atoms with E-state index < -0.39 is 5.60 Å². The molecule has 1 rings (SSSR count). The van der Waals surface area contributed by atoms with Crippen molar-refractivity contribution < 1.29 is 19.7 Å². The second-order valence-electron chi connectivity index (χ2n) is 6.98. The first-order valence-electron chi connectivity index (χ1n) is 8.27. The first-order chi connectivity index (χ1) is 10.3. The number of piperazine rings is 1. The van der Waals surface area contributed by atoms with Crippen molar-refractivity contribution in [3.05, 3.63) is 0 Å². The number of carbonyl (C=O) groups excluding carboxylic acids is 1. The van der Waals surface area contributed by atoms with E-state index in [9.17, 15) is 15.0 Å². The molecule has 1 saturated heterocycles. The number of ether oxygens (including phenoxy) is 1. The van der Waals surface area contributed by atoms with Gasteiger partial charge in [-0.2, -0.15) is 0 Å². The van der Waals surface area contributed by atoms with Crippen LogP contribution in [0.15, 0.2) is 0 Å². The monoisotopic (exact) mass is 316 g/mol. The van der Waals surface area contributed by atoms with Crippen LogP contribution in [0.1, 0.15) is 47.0 Å². The van der Waals surface area contributed by atoms with Gasteiger partial charge in [0.25, 0.3) is 0 Å². The third-order valence-corrected chi connectivity index (χ3v) is 3.96. The van der Waals surface area contributed by atoms with Gasteiger partial charge in [-0.05, 0) is 27.2 Å². The molecule has 0 aromatic carbocycles. The molecule has 1 heterocycles. The molecule has 1 aliphatic heterocycles. The lowest BCUT2D eigenvalue weighted by Gasteiger charge is -2.44. The highest BCUT2D eigenvalue weighted by Gasteiger charge is 2.34. The maximum Gasteiger partial charge on any atom is 0.410 e. The molecule has 0 aromatic rings. The van der Waals surface area contributed by atoms with Crippen molar-refractivity contribution in [1.29, 1.82) is 0 Å². The number of amides is 1. The number of unbranched alkanes of at least 4 members (excludes halogenated alkanes) is 1. The van der Waals surface area contributed by atoms with Crippen LogP contribution in [0.2, 0.25) is 0 Å². The third-order valence-electron chi connectivity index (χ3n) is 3.96. The molecule has 2 N–H and O–H groups in total. The molecule has 0 radical (unpaired) electrons. The molecule has 0 spiro atoms. The van der Waals surface area contributed by atoms with Crippen LogP contribution in [0.4, 0.5) is 4.79 Å². The van der Waals surface area contributed by atoms with E-state index in [0.29, 0.717) is 19.6 Å². The molecule has 0 saturated carbocycles. The average Bonchev–Trinajstić information content (AvgIpc) is 2.46. The average molecular weight is 316 g/mol. The summed E-state index contributed by atoms with van der Waals surface area (Å²) in [6.45, 7) is 9.37. The van der Waals surface area contributed by atoms with Crippen molar-refractivity contribution in [2.45, 2.75) is 64.6 Å². The molecule has 0 aliphatic carbocycles. The van der Waals surface area contributed by atoms with Crippen LogP contribution in [0.25, 0.3) is 0 Å². The van der Waals surface area contributed by atoms with Crippen LogP contribution in [-0.4, -0.2) is 76.6 Å². The summed E-state index contributed by atoms with van der Waals surface area (Å²) >= 11 is 0. The predicted molar refractivity (Wildman–Crippen MR) is 85.8 cm³/mol. The second-order valence-corrected chi connectivity index (χ2v) is 6.98. The highest BCUT2D eigenvalue weighted by molar-refractivity contribution is 5.68. The molecule has 2 unspecified atom stereocenters. The van der Waals surface area contributed by atoms with Crippen LogP contribution in [0.3, 0.4) is 0 Å². The summed E-state index contributed by atoms with van der Waals surface area (Å²) in [5, 5.41) is 19.3. The van der Waals surface area contributed by atoms with Gasteiger partial charge >= 0.3 is 6.09 Å². The number of nitrogens with zero attached hydrogens (tertiary/aromatic N) is 2. The molecule has 22 heavy (non-hydrogen) atoms. The lowest BCUT2D eigenvalue weighted by atomic mass is 10.0. The third kappa shape index (κ3) is 5.74. The Morgan fingerprint density at radius 2 is 2.00 bits per heavy atom. The molecule has 1 aliphatic rings. The van der Waals surface area contributed by atoms with Crippen molar-refractivity contribution in [2.24, 2.45) is 0 Å². The summed E-state index contributed by atoms with van der Waals surface area (Å²) < 4.78 is 5.39. The van der Waals surface area contributed by atoms with Crippen molar-refractivity contribution >= 4 is 6.09 Å². The van der Waals surface area contributed by atoms with Gasteiger partial charge in [0.15, 0.2) is 0 Å². The van der Waals surface area contributed by atoms with Gasteiger partial charge in [-0.1, -0.05) is 19.8 Å². The van der Waals surface area contributed by atoms with Crippen molar-refractivity contribution in [2.75, 3.05) is 32.8 Å². The maximum atomic E-state index is 12.1. The van der Waals surface area contributed by atoms with Gasteiger partial charge in [-0.3, -0.25) is 4.90 Å². The summed E-state index contributed by atoms with van der Waals surface area (Å²) in [7, 11) is 0. The Kier molecular flexibility index (Phi) is 7.59. The molecule has 6 heteroatoms. The Balaban J connectivity index is 2.64. The van der Waals surface area contributed by atoms with E-state index >= 15 is 0 Å². The fourth-order valence-corrected chi connectivity index (χ4v) is 2.81. The van der Waals surface area contributed by atoms with Crippen LogP contribution in [-0.2, 0) is 4.74 Å². The summed E-state index contributed by atoms with van der Waals surface area (Å²) in [4.78, 5) is 15.9. The Hall–Kier alpha value is -0.850. The second kappa shape index (κ2) is 8.70. The predicted octanol–water partition coefficient (Wildman–Crippen LogP) is 1.45. The standard InChI is InChI=1S/C16H32N2O4/c1-5-6-7-13(11-19)18-9-8-17(10-14(18)12-20)15(21)22-16(2,3)4/h13-14,19-20H,5-12H2,1-4H3. The zero-order valence-corrected chi connectivity index (χ0v) is 14.4. The van der Waals surface area contributed by atoms with E-state index in [-0.39, 0.29) is 31.4 Å². The fourth-order valence-electron chi connectivity index (χ4n) is 2.81. The molecule has 0 aromatic heterocycles. The Bertz CT molecular complexity index is 344. The SMILES string of the molecule is CCCCC(CO)N1CCN(C(=O)OC(C)(C)C)CC1CO. The van der Waals surface area contributed by atoms with Gasteiger partial charge in [-0.25, -0.2) is 4.79 Å². The van der Waals surface area contributed by atoms with E-state index in [1.807, 2.05) is 20.8 Å². The van der Waals surface area contributed by atoms with Gasteiger partial charge in [0.05, 0.1) is 19.3 Å². The van der Waals surface area contributed by atoms with E-state index in [1.54, 1.807) is 4.90 Å². The normalized spacial score (nSPS) is 21.7. The quantitative estimate of drug-likeness (QED) is 0.776. The molecule has 6 nitrogen and oxygen atoms in total. The number of aliphatic hydroxyl groups excluding tert-OH is 2. The maximum absolute atomic E-state index is 12.1. The van der Waals surface area contributed by atoms with E-state index in [1.165, 1.54) is 0 Å². The fraction of sp³-hybridized carbons (Fsp3) is 0.938. The number of rotatable bonds is 6. The largest absolute Gasteiger partial charge is 0.444 e. The molecular formula is C16H32N2O4. The van der Waals surface area contributed by atoms with Gasteiger partial charge in [-0.15, -0.1) is 0 Å². The van der Waals surface area contributed by atoms with Crippen molar-refractivity contribution in [1.82, 2.24) is 9.80 Å². The van der Waals surface area contributed by atoms with Crippen molar-refractivity contribution in [3.8, 4) is 0 Å². The summed E-state index contributed by atoms with van der Waals surface area (Å²) in [5.41, 5.74) is -0.516. The Labute approximate surface area is 134 Å². The summed E-state index contributed by atoms with van der Waals surface area (Å²) in [6.07, 6.45) is 2.71. The first-order valence-corrected chi connectivity index (χ1v) is 8.27. The zero-order chi connectivity index (χ0) is 16.8. The molecular weight excluding hydrogens is 284 g/mol. The van der Waals surface area contributed by atoms with Gasteiger partial charge in [0, 0.05) is 25.7 Å². The Morgan fingerprint density at radius 3 is 2.50 bits per heavy atom. The minimum Gasteiger partial charge on any atom is -0.444 e. The number of carbonyl (C=O) groups is 1. The van der Waals surface area contributed by atoms with Gasteiger partial charge in [0.1, 0.15) is 5.60 Å². The highest BCUT2D eigenvalue weighted by Crippen LogP contribution is 2.19. The number of hydrogen-bond donors (Lipinski definition) is 2. The molecule has 1 amide bonds. The van der Waals surface area contributed by atoms with Crippen LogP contribution < -0.4 is 0 Å². The smallest absolute Gasteiger partial charge is 0.410 e. The lowest BCUT2D eigenvalue weighted by Crippen LogP contribution is -2.60. The summed E-state index contributed by atoms with van der Waals surface area (Å²) in [5.74, 6) is 0.